The number of carbonyl (C=O) groups excluding carboxylic acids is 1. The van der Waals surface area contributed by atoms with Crippen LogP contribution in [0.4, 0.5) is 23.1 Å². The number of hydrogen-bond acceptors (Lipinski definition) is 6. The summed E-state index contributed by atoms with van der Waals surface area (Å²) in [5, 5.41) is 16.7. The van der Waals surface area contributed by atoms with Gasteiger partial charge in [-0.1, -0.05) is 6.92 Å². The first kappa shape index (κ1) is 14.7. The molecule has 0 fully saturated rings. The van der Waals surface area contributed by atoms with Gasteiger partial charge in [-0.2, -0.15) is 10.1 Å². The monoisotopic (exact) mass is 286 g/mol. The molecule has 0 atom stereocenters. The molecule has 7 heteroatoms. The predicted octanol–water partition coefficient (Wildman–Crippen LogP) is 2.40. The number of carbonyl (C=O) groups is 1. The van der Waals surface area contributed by atoms with Crippen LogP contribution >= 0.6 is 0 Å². The third kappa shape index (κ3) is 4.72. The van der Waals surface area contributed by atoms with E-state index in [0.29, 0.717) is 11.8 Å². The topological polar surface area (TPSA) is 91.8 Å². The zero-order valence-corrected chi connectivity index (χ0v) is 12.1. The van der Waals surface area contributed by atoms with Crippen LogP contribution in [0.15, 0.2) is 30.5 Å². The minimum absolute atomic E-state index is 0.0991. The van der Waals surface area contributed by atoms with E-state index in [-0.39, 0.29) is 5.91 Å². The summed E-state index contributed by atoms with van der Waals surface area (Å²) in [7, 11) is 0. The molecule has 0 aliphatic rings. The smallest absolute Gasteiger partial charge is 0.249 e. The Balaban J connectivity index is 2.02. The van der Waals surface area contributed by atoms with Gasteiger partial charge in [-0.25, -0.2) is 0 Å². The molecule has 2 rings (SSSR count). The molecule has 0 aliphatic carbocycles. The maximum absolute atomic E-state index is 11.0. The minimum atomic E-state index is -0.0991. The first-order valence-corrected chi connectivity index (χ1v) is 6.75. The lowest BCUT2D eigenvalue weighted by molar-refractivity contribution is -0.114. The summed E-state index contributed by atoms with van der Waals surface area (Å²) in [5.74, 6) is 1.01. The fraction of sp³-hybridized carbons (Fsp3) is 0.286. The Morgan fingerprint density at radius 3 is 2.57 bits per heavy atom. The Labute approximate surface area is 123 Å². The molecule has 0 unspecified atom stereocenters. The van der Waals surface area contributed by atoms with Gasteiger partial charge in [0, 0.05) is 24.8 Å². The molecule has 2 aromatic rings. The molecule has 0 saturated heterocycles. The average Bonchev–Trinajstić information content (AvgIpc) is 2.47. The van der Waals surface area contributed by atoms with E-state index in [0.717, 1.165) is 24.3 Å². The maximum Gasteiger partial charge on any atom is 0.249 e. The summed E-state index contributed by atoms with van der Waals surface area (Å²) in [5.41, 5.74) is 1.56. The van der Waals surface area contributed by atoms with Crippen LogP contribution in [-0.4, -0.2) is 27.6 Å². The van der Waals surface area contributed by atoms with Gasteiger partial charge in [-0.05, 0) is 30.7 Å². The van der Waals surface area contributed by atoms with Gasteiger partial charge in [0.25, 0.3) is 0 Å². The summed E-state index contributed by atoms with van der Waals surface area (Å²) in [6.45, 7) is 4.39. The van der Waals surface area contributed by atoms with Crippen molar-refractivity contribution < 1.29 is 4.79 Å². The number of amides is 1. The van der Waals surface area contributed by atoms with E-state index in [1.54, 1.807) is 18.3 Å². The number of hydrogen-bond donors (Lipinski definition) is 3. The molecule has 0 saturated carbocycles. The molecule has 1 aromatic heterocycles. The SMILES string of the molecule is CCCNc1cnnc(Nc2ccc(NC(C)=O)cc2)n1. The molecule has 0 spiro atoms. The highest BCUT2D eigenvalue weighted by Crippen LogP contribution is 2.16. The Morgan fingerprint density at radius 1 is 1.19 bits per heavy atom. The van der Waals surface area contributed by atoms with Crippen molar-refractivity contribution in [1.29, 1.82) is 0 Å². The lowest BCUT2D eigenvalue weighted by Gasteiger charge is -2.08. The molecule has 1 heterocycles. The van der Waals surface area contributed by atoms with E-state index in [4.69, 9.17) is 0 Å². The lowest BCUT2D eigenvalue weighted by Crippen LogP contribution is -2.07. The van der Waals surface area contributed by atoms with Gasteiger partial charge in [0.1, 0.15) is 0 Å². The quantitative estimate of drug-likeness (QED) is 0.755. The van der Waals surface area contributed by atoms with Crippen LogP contribution in [0, 0.1) is 0 Å². The van der Waals surface area contributed by atoms with E-state index in [1.807, 2.05) is 12.1 Å². The van der Waals surface area contributed by atoms with Gasteiger partial charge in [0.2, 0.25) is 11.9 Å². The molecule has 1 amide bonds. The molecule has 7 nitrogen and oxygen atoms in total. The summed E-state index contributed by atoms with van der Waals surface area (Å²) < 4.78 is 0. The largest absolute Gasteiger partial charge is 0.369 e. The summed E-state index contributed by atoms with van der Waals surface area (Å²) in [6, 6.07) is 7.27. The van der Waals surface area contributed by atoms with Gasteiger partial charge in [-0.3, -0.25) is 4.79 Å². The maximum atomic E-state index is 11.0. The summed E-state index contributed by atoms with van der Waals surface area (Å²) in [6.07, 6.45) is 2.60. The summed E-state index contributed by atoms with van der Waals surface area (Å²) in [4.78, 5) is 15.3. The van der Waals surface area contributed by atoms with Crippen LogP contribution in [0.1, 0.15) is 20.3 Å². The van der Waals surface area contributed by atoms with E-state index in [2.05, 4.69) is 38.1 Å². The number of aromatic nitrogens is 3. The first-order valence-electron chi connectivity index (χ1n) is 6.75. The van der Waals surface area contributed by atoms with Gasteiger partial charge in [0.05, 0.1) is 6.20 Å². The third-order valence-electron chi connectivity index (χ3n) is 2.58. The standard InChI is InChI=1S/C14H18N6O/c1-3-8-15-13-9-16-20-14(19-13)18-12-6-4-11(5-7-12)17-10(2)21/h4-7,9H,3,8H2,1-2H3,(H,17,21)(H2,15,18,19,20). The first-order chi connectivity index (χ1) is 10.2. The molecule has 1 aromatic carbocycles. The molecule has 0 aliphatic heterocycles. The van der Waals surface area contributed by atoms with Crippen LogP contribution in [0.3, 0.4) is 0 Å². The van der Waals surface area contributed by atoms with E-state index >= 15 is 0 Å². The summed E-state index contributed by atoms with van der Waals surface area (Å²) >= 11 is 0. The number of nitrogens with zero attached hydrogens (tertiary/aromatic N) is 3. The Hall–Kier alpha value is -2.70. The van der Waals surface area contributed by atoms with Gasteiger partial charge >= 0.3 is 0 Å². The van der Waals surface area contributed by atoms with Crippen molar-refractivity contribution in [3.05, 3.63) is 30.5 Å². The highest BCUT2D eigenvalue weighted by Gasteiger charge is 2.01. The van der Waals surface area contributed by atoms with Crippen molar-refractivity contribution >= 4 is 29.0 Å². The fourth-order valence-electron chi connectivity index (χ4n) is 1.66. The van der Waals surface area contributed by atoms with Crippen LogP contribution in [0.25, 0.3) is 0 Å². The Kier molecular flexibility index (Phi) is 5.03. The third-order valence-corrected chi connectivity index (χ3v) is 2.58. The number of rotatable bonds is 6. The van der Waals surface area contributed by atoms with Gasteiger partial charge in [0.15, 0.2) is 5.82 Å². The molecule has 21 heavy (non-hydrogen) atoms. The fourth-order valence-corrected chi connectivity index (χ4v) is 1.66. The molecule has 0 radical (unpaired) electrons. The molecule has 110 valence electrons. The van der Waals surface area contributed by atoms with Crippen LogP contribution in [0.5, 0.6) is 0 Å². The second kappa shape index (κ2) is 7.18. The second-order valence-electron chi connectivity index (χ2n) is 4.48. The molecule has 3 N–H and O–H groups in total. The normalized spacial score (nSPS) is 10.0. The number of benzene rings is 1. The number of nitrogens with one attached hydrogen (secondary N) is 3. The van der Waals surface area contributed by atoms with E-state index in [9.17, 15) is 4.79 Å². The highest BCUT2D eigenvalue weighted by molar-refractivity contribution is 5.88. The zero-order valence-electron chi connectivity index (χ0n) is 12.1. The van der Waals surface area contributed by atoms with Crippen LogP contribution in [-0.2, 0) is 4.79 Å². The predicted molar refractivity (Wildman–Crippen MR) is 82.6 cm³/mol. The lowest BCUT2D eigenvalue weighted by atomic mass is 10.3. The van der Waals surface area contributed by atoms with Crippen LogP contribution < -0.4 is 16.0 Å². The van der Waals surface area contributed by atoms with Crippen molar-refractivity contribution in [2.75, 3.05) is 22.5 Å². The van der Waals surface area contributed by atoms with E-state index < -0.39 is 0 Å². The molecular weight excluding hydrogens is 268 g/mol. The zero-order chi connectivity index (χ0) is 15.1. The van der Waals surface area contributed by atoms with Crippen LogP contribution in [0.2, 0.25) is 0 Å². The molecular formula is C14H18N6O. The molecule has 0 bridgehead atoms. The Bertz CT molecular complexity index is 599. The average molecular weight is 286 g/mol. The van der Waals surface area contributed by atoms with Crippen molar-refractivity contribution in [1.82, 2.24) is 15.2 Å². The van der Waals surface area contributed by atoms with E-state index in [1.165, 1.54) is 6.92 Å². The second-order valence-corrected chi connectivity index (χ2v) is 4.48. The number of anilines is 4. The van der Waals surface area contributed by atoms with Gasteiger partial charge in [-0.15, -0.1) is 5.10 Å². The van der Waals surface area contributed by atoms with Crippen molar-refractivity contribution in [3.63, 3.8) is 0 Å². The Morgan fingerprint density at radius 2 is 1.90 bits per heavy atom. The van der Waals surface area contributed by atoms with Crippen molar-refractivity contribution in [2.45, 2.75) is 20.3 Å². The van der Waals surface area contributed by atoms with Gasteiger partial charge < -0.3 is 16.0 Å². The van der Waals surface area contributed by atoms with Crippen molar-refractivity contribution in [3.8, 4) is 0 Å². The minimum Gasteiger partial charge on any atom is -0.369 e. The van der Waals surface area contributed by atoms with Crippen molar-refractivity contribution in [2.24, 2.45) is 0 Å². The highest BCUT2D eigenvalue weighted by atomic mass is 16.1.